The Bertz CT molecular complexity index is 1570. The average molecular weight is 568 g/mol. The summed E-state index contributed by atoms with van der Waals surface area (Å²) in [5.74, 6) is -0.246. The van der Waals surface area contributed by atoms with Gasteiger partial charge in [-0.1, -0.05) is 12.1 Å². The molecule has 0 spiro atoms. The van der Waals surface area contributed by atoms with Crippen molar-refractivity contribution in [3.63, 3.8) is 0 Å². The first kappa shape index (κ1) is 25.6. The van der Waals surface area contributed by atoms with Crippen molar-refractivity contribution in [2.45, 2.75) is 50.6 Å². The molecule has 10 heteroatoms. The van der Waals surface area contributed by atoms with Crippen molar-refractivity contribution >= 4 is 53.8 Å². The number of carbonyl (C=O) groups excluding carboxylic acids is 1. The van der Waals surface area contributed by atoms with Gasteiger partial charge in [0, 0.05) is 30.6 Å². The number of hydrogen-bond donors (Lipinski definition) is 2. The number of anilines is 1. The Balaban J connectivity index is 1.32. The second-order valence-electron chi connectivity index (χ2n) is 10.3. The summed E-state index contributed by atoms with van der Waals surface area (Å²) in [4.78, 5) is 21.4. The Morgan fingerprint density at radius 2 is 1.79 bits per heavy atom. The molecule has 1 unspecified atom stereocenters. The summed E-state index contributed by atoms with van der Waals surface area (Å²) < 4.78 is 28.4. The number of thiophene rings is 1. The summed E-state index contributed by atoms with van der Waals surface area (Å²) in [6.07, 6.45) is 2.72. The number of fused-ring (bicyclic) bond motifs is 2. The van der Waals surface area contributed by atoms with Crippen LogP contribution in [0, 0.1) is 0 Å². The molecule has 38 heavy (non-hydrogen) atoms. The predicted octanol–water partition coefficient (Wildman–Crippen LogP) is 4.41. The van der Waals surface area contributed by atoms with Gasteiger partial charge in [-0.25, -0.2) is 13.4 Å². The van der Waals surface area contributed by atoms with E-state index in [1.165, 1.54) is 14.7 Å². The van der Waals surface area contributed by atoms with Crippen LogP contribution in [0.4, 0.5) is 5.00 Å². The number of hydrogen-bond acceptors (Lipinski definition) is 6. The smallest absolute Gasteiger partial charge is 0.256 e. The summed E-state index contributed by atoms with van der Waals surface area (Å²) in [6, 6.07) is 14.9. The number of benzene rings is 2. The standard InChI is InChI=1S/C28H30N4O3S3/c1-18(2)31-16-13-21-24(17-31)37-28(25(21)27-29-22-7-3-4-8-23(22)36-27)30-26(33)19-9-11-20(12-10-19)38(34,35)32-14-5-6-15-32/h3-4,7-12,18H,5-6,13-17H2,1-2H3,(H,30,33)/p+1. The van der Waals surface area contributed by atoms with Gasteiger partial charge in [0.05, 0.1) is 32.6 Å². The van der Waals surface area contributed by atoms with E-state index in [1.807, 2.05) is 18.2 Å². The van der Waals surface area contributed by atoms with Crippen LogP contribution in [0.15, 0.2) is 53.4 Å². The van der Waals surface area contributed by atoms with E-state index in [0.29, 0.717) is 24.7 Å². The van der Waals surface area contributed by atoms with Crippen LogP contribution in [0.25, 0.3) is 20.8 Å². The fourth-order valence-electron chi connectivity index (χ4n) is 5.32. The van der Waals surface area contributed by atoms with Gasteiger partial charge < -0.3 is 10.2 Å². The zero-order valence-corrected chi connectivity index (χ0v) is 23.9. The van der Waals surface area contributed by atoms with E-state index >= 15 is 0 Å². The molecule has 4 aromatic rings. The van der Waals surface area contributed by atoms with Crippen molar-refractivity contribution in [3.05, 3.63) is 64.5 Å². The lowest BCUT2D eigenvalue weighted by molar-refractivity contribution is -0.936. The van der Waals surface area contributed by atoms with E-state index in [2.05, 4.69) is 25.2 Å². The van der Waals surface area contributed by atoms with Crippen LogP contribution in [0.2, 0.25) is 0 Å². The minimum absolute atomic E-state index is 0.231. The fraction of sp³-hybridized carbons (Fsp3) is 0.357. The van der Waals surface area contributed by atoms with Gasteiger partial charge in [0.15, 0.2) is 0 Å². The SMILES string of the molecule is CC(C)[NH+]1CCc2c(sc(NC(=O)c3ccc(S(=O)(=O)N4CCCC4)cc3)c2-c2nc3ccccc3s2)C1. The van der Waals surface area contributed by atoms with Crippen molar-refractivity contribution in [3.8, 4) is 10.6 Å². The molecule has 1 atom stereocenters. The third-order valence-corrected chi connectivity index (χ3v) is 11.7. The zero-order chi connectivity index (χ0) is 26.4. The molecule has 2 N–H and O–H groups in total. The summed E-state index contributed by atoms with van der Waals surface area (Å²) in [5.41, 5.74) is 3.72. The van der Waals surface area contributed by atoms with Gasteiger partial charge in [-0.15, -0.1) is 22.7 Å². The first-order chi connectivity index (χ1) is 18.3. The van der Waals surface area contributed by atoms with Crippen LogP contribution in [0.1, 0.15) is 47.5 Å². The van der Waals surface area contributed by atoms with Crippen molar-refractivity contribution in [2.24, 2.45) is 0 Å². The molecule has 2 aliphatic rings. The molecule has 4 heterocycles. The van der Waals surface area contributed by atoms with Crippen molar-refractivity contribution in [1.29, 1.82) is 0 Å². The number of thiazole rings is 1. The van der Waals surface area contributed by atoms with Crippen molar-refractivity contribution in [2.75, 3.05) is 25.0 Å². The van der Waals surface area contributed by atoms with Gasteiger partial charge >= 0.3 is 0 Å². The third kappa shape index (κ3) is 4.69. The summed E-state index contributed by atoms with van der Waals surface area (Å²) >= 11 is 3.30. The van der Waals surface area contributed by atoms with Gasteiger partial charge in [0.25, 0.3) is 5.91 Å². The number of para-hydroxylation sites is 1. The Kier molecular flexibility index (Phi) is 6.86. The molecule has 7 nitrogen and oxygen atoms in total. The molecule has 2 aliphatic heterocycles. The number of quaternary nitrogens is 1. The number of sulfonamides is 1. The van der Waals surface area contributed by atoms with Crippen LogP contribution in [0.3, 0.4) is 0 Å². The molecule has 0 aliphatic carbocycles. The fourth-order valence-corrected chi connectivity index (χ4v) is 9.24. The lowest BCUT2D eigenvalue weighted by Crippen LogP contribution is -3.14. The molecule has 0 radical (unpaired) electrons. The van der Waals surface area contributed by atoms with Crippen LogP contribution >= 0.6 is 22.7 Å². The molecule has 1 saturated heterocycles. The molecule has 6 rings (SSSR count). The third-order valence-electron chi connectivity index (χ3n) is 7.55. The largest absolute Gasteiger partial charge is 0.328 e. The molecule has 1 fully saturated rings. The Labute approximate surface area is 231 Å². The minimum atomic E-state index is -3.52. The van der Waals surface area contributed by atoms with Crippen molar-refractivity contribution in [1.82, 2.24) is 9.29 Å². The maximum Gasteiger partial charge on any atom is 0.256 e. The zero-order valence-electron chi connectivity index (χ0n) is 21.5. The normalized spacial score (nSPS) is 18.2. The molecule has 0 saturated carbocycles. The van der Waals surface area contributed by atoms with Crippen LogP contribution < -0.4 is 10.2 Å². The van der Waals surface area contributed by atoms with Gasteiger partial charge in [-0.05, 0) is 68.7 Å². The maximum atomic E-state index is 13.4. The summed E-state index contributed by atoms with van der Waals surface area (Å²) in [5, 5.41) is 4.91. The van der Waals surface area contributed by atoms with Gasteiger partial charge in [0.2, 0.25) is 10.0 Å². The van der Waals surface area contributed by atoms with E-state index in [-0.39, 0.29) is 10.8 Å². The Hall–Kier alpha value is -2.63. The molecule has 0 bridgehead atoms. The highest BCUT2D eigenvalue weighted by Crippen LogP contribution is 2.44. The Morgan fingerprint density at radius 1 is 1.05 bits per heavy atom. The highest BCUT2D eigenvalue weighted by molar-refractivity contribution is 7.89. The van der Waals surface area contributed by atoms with E-state index in [4.69, 9.17) is 4.98 Å². The van der Waals surface area contributed by atoms with E-state index in [9.17, 15) is 13.2 Å². The highest BCUT2D eigenvalue weighted by Gasteiger charge is 2.31. The highest BCUT2D eigenvalue weighted by atomic mass is 32.2. The molecular formula is C28H31N4O3S3+. The van der Waals surface area contributed by atoms with Crippen LogP contribution in [-0.4, -0.2) is 49.3 Å². The molecule has 2 aromatic heterocycles. The first-order valence-electron chi connectivity index (χ1n) is 13.1. The second-order valence-corrected chi connectivity index (χ2v) is 14.3. The lowest BCUT2D eigenvalue weighted by Gasteiger charge is -2.27. The van der Waals surface area contributed by atoms with E-state index in [1.54, 1.807) is 51.8 Å². The monoisotopic (exact) mass is 567 g/mol. The molecule has 2 aromatic carbocycles. The number of rotatable bonds is 6. The van der Waals surface area contributed by atoms with Gasteiger partial charge in [-0.3, -0.25) is 4.79 Å². The summed E-state index contributed by atoms with van der Waals surface area (Å²) in [6.45, 7) is 7.60. The first-order valence-corrected chi connectivity index (χ1v) is 16.1. The van der Waals surface area contributed by atoms with Crippen LogP contribution in [0.5, 0.6) is 0 Å². The molecular weight excluding hydrogens is 537 g/mol. The molecule has 1 amide bonds. The second kappa shape index (κ2) is 10.2. The number of carbonyl (C=O) groups is 1. The van der Waals surface area contributed by atoms with E-state index in [0.717, 1.165) is 58.1 Å². The molecule has 198 valence electrons. The minimum Gasteiger partial charge on any atom is -0.328 e. The van der Waals surface area contributed by atoms with Gasteiger partial charge in [0.1, 0.15) is 16.6 Å². The maximum absolute atomic E-state index is 13.4. The number of nitrogens with zero attached hydrogens (tertiary/aromatic N) is 2. The number of nitrogens with one attached hydrogen (secondary N) is 2. The lowest BCUT2D eigenvalue weighted by atomic mass is 10.0. The Morgan fingerprint density at radius 3 is 2.50 bits per heavy atom. The summed E-state index contributed by atoms with van der Waals surface area (Å²) in [7, 11) is -3.52. The average Bonchev–Trinajstić information content (AvgIpc) is 3.66. The predicted molar refractivity (Wildman–Crippen MR) is 154 cm³/mol. The number of aromatic nitrogens is 1. The van der Waals surface area contributed by atoms with Crippen molar-refractivity contribution < 1.29 is 18.1 Å². The van der Waals surface area contributed by atoms with Crippen LogP contribution in [-0.2, 0) is 23.0 Å². The quantitative estimate of drug-likeness (QED) is 0.362. The van der Waals surface area contributed by atoms with Gasteiger partial charge in [-0.2, -0.15) is 4.31 Å². The topological polar surface area (TPSA) is 83.8 Å². The van der Waals surface area contributed by atoms with E-state index < -0.39 is 10.0 Å². The number of amides is 1.